The lowest BCUT2D eigenvalue weighted by Crippen LogP contribution is -2.22. The van der Waals surface area contributed by atoms with E-state index in [0.29, 0.717) is 16.2 Å². The molecule has 0 bridgehead atoms. The number of aryl methyl sites for hydroxylation is 1. The highest BCUT2D eigenvalue weighted by Gasteiger charge is 2.20. The highest BCUT2D eigenvalue weighted by atomic mass is 32.2. The molecule has 0 spiro atoms. The van der Waals surface area contributed by atoms with Crippen molar-refractivity contribution in [2.45, 2.75) is 30.7 Å². The van der Waals surface area contributed by atoms with Gasteiger partial charge in [0, 0.05) is 5.56 Å². The Hall–Kier alpha value is -2.46. The fourth-order valence-electron chi connectivity index (χ4n) is 1.97. The van der Waals surface area contributed by atoms with Gasteiger partial charge in [0.25, 0.3) is 5.22 Å². The number of ether oxygens (including phenoxy) is 1. The third kappa shape index (κ3) is 4.38. The van der Waals surface area contributed by atoms with Gasteiger partial charge < -0.3 is 9.15 Å². The Morgan fingerprint density at radius 1 is 1.27 bits per heavy atom. The minimum Gasteiger partial charge on any atom is -0.497 e. The second-order valence-electron chi connectivity index (χ2n) is 5.21. The first-order chi connectivity index (χ1) is 12.6. The summed E-state index contributed by atoms with van der Waals surface area (Å²) in [5.41, 5.74) is 0.781. The van der Waals surface area contributed by atoms with E-state index >= 15 is 0 Å². The van der Waals surface area contributed by atoms with Crippen LogP contribution < -0.4 is 10.1 Å². The summed E-state index contributed by atoms with van der Waals surface area (Å²) in [5, 5.41) is 19.9. The van der Waals surface area contributed by atoms with Gasteiger partial charge in [-0.3, -0.25) is 10.1 Å². The zero-order valence-corrected chi connectivity index (χ0v) is 16.1. The minimum absolute atomic E-state index is 0.196. The molecule has 0 saturated heterocycles. The van der Waals surface area contributed by atoms with Gasteiger partial charge in [0.15, 0.2) is 0 Å². The summed E-state index contributed by atoms with van der Waals surface area (Å²) in [7, 11) is 1.60. The van der Waals surface area contributed by atoms with Crippen LogP contribution in [0.15, 0.2) is 33.9 Å². The maximum Gasteiger partial charge on any atom is 0.277 e. The quantitative estimate of drug-likeness (QED) is 0.612. The number of methoxy groups -OCH3 is 1. The second kappa shape index (κ2) is 8.28. The number of anilines is 1. The lowest BCUT2D eigenvalue weighted by atomic mass is 10.2. The minimum atomic E-state index is -0.423. The Bertz CT molecular complexity index is 878. The van der Waals surface area contributed by atoms with Crippen molar-refractivity contribution in [2.24, 2.45) is 0 Å². The predicted octanol–water partition coefficient (Wildman–Crippen LogP) is 3.28. The molecule has 0 aliphatic rings. The molecule has 10 heteroatoms. The first kappa shape index (κ1) is 18.3. The average Bonchev–Trinajstić information content (AvgIpc) is 3.31. The number of rotatable bonds is 7. The van der Waals surface area contributed by atoms with Gasteiger partial charge in [0.05, 0.1) is 12.4 Å². The maximum absolute atomic E-state index is 12.3. The topological polar surface area (TPSA) is 103 Å². The van der Waals surface area contributed by atoms with Gasteiger partial charge in [0.1, 0.15) is 10.8 Å². The van der Waals surface area contributed by atoms with Gasteiger partial charge in [-0.05, 0) is 37.6 Å². The van der Waals surface area contributed by atoms with E-state index in [1.165, 1.54) is 23.1 Å². The van der Waals surface area contributed by atoms with Gasteiger partial charge in [-0.2, -0.15) is 0 Å². The number of carbonyl (C=O) groups is 1. The molecule has 0 aliphatic heterocycles. The smallest absolute Gasteiger partial charge is 0.277 e. The molecule has 1 amide bonds. The Morgan fingerprint density at radius 2 is 2.04 bits per heavy atom. The molecule has 136 valence electrons. The average molecular weight is 391 g/mol. The Kier molecular flexibility index (Phi) is 5.84. The molecule has 3 rings (SSSR count). The van der Waals surface area contributed by atoms with E-state index < -0.39 is 5.25 Å². The van der Waals surface area contributed by atoms with E-state index in [1.807, 2.05) is 31.2 Å². The Labute approximate surface area is 158 Å². The van der Waals surface area contributed by atoms with Crippen LogP contribution in [0.3, 0.4) is 0 Å². The molecule has 0 radical (unpaired) electrons. The number of thioether (sulfide) groups is 1. The van der Waals surface area contributed by atoms with E-state index in [1.54, 1.807) is 14.0 Å². The summed E-state index contributed by atoms with van der Waals surface area (Å²) < 4.78 is 10.8. The molecular formula is C16H17N5O3S2. The van der Waals surface area contributed by atoms with Gasteiger partial charge in [-0.1, -0.05) is 30.0 Å². The van der Waals surface area contributed by atoms with E-state index in [-0.39, 0.29) is 5.91 Å². The number of benzene rings is 1. The lowest BCUT2D eigenvalue weighted by molar-refractivity contribution is -0.115. The van der Waals surface area contributed by atoms with Crippen molar-refractivity contribution < 1.29 is 13.9 Å². The van der Waals surface area contributed by atoms with E-state index in [0.717, 1.165) is 22.7 Å². The van der Waals surface area contributed by atoms with Crippen LogP contribution in [-0.2, 0) is 11.2 Å². The van der Waals surface area contributed by atoms with Crippen LogP contribution in [0.2, 0.25) is 0 Å². The fraction of sp³-hybridized carbons (Fsp3) is 0.312. The number of carbonyl (C=O) groups excluding carboxylic acids is 1. The Balaban J connectivity index is 1.61. The highest BCUT2D eigenvalue weighted by molar-refractivity contribution is 8.00. The molecular weight excluding hydrogens is 374 g/mol. The van der Waals surface area contributed by atoms with E-state index in [4.69, 9.17) is 9.15 Å². The van der Waals surface area contributed by atoms with Crippen molar-refractivity contribution in [3.8, 4) is 17.2 Å². The first-order valence-corrected chi connectivity index (χ1v) is 9.56. The van der Waals surface area contributed by atoms with Gasteiger partial charge in [-0.25, -0.2) is 0 Å². The van der Waals surface area contributed by atoms with Crippen LogP contribution in [0.1, 0.15) is 18.9 Å². The molecule has 26 heavy (non-hydrogen) atoms. The normalized spacial score (nSPS) is 12.0. The van der Waals surface area contributed by atoms with Crippen LogP contribution >= 0.6 is 23.1 Å². The third-order valence-electron chi connectivity index (χ3n) is 3.39. The van der Waals surface area contributed by atoms with E-state index in [9.17, 15) is 4.79 Å². The van der Waals surface area contributed by atoms with E-state index in [2.05, 4.69) is 25.7 Å². The summed E-state index contributed by atoms with van der Waals surface area (Å²) >= 11 is 2.55. The number of nitrogens with zero attached hydrogens (tertiary/aromatic N) is 4. The molecule has 8 nitrogen and oxygen atoms in total. The molecule has 0 fully saturated rings. The molecule has 1 aromatic carbocycles. The molecule has 2 heterocycles. The monoisotopic (exact) mass is 391 g/mol. The maximum atomic E-state index is 12.3. The summed E-state index contributed by atoms with van der Waals surface area (Å²) in [6, 6.07) is 7.29. The second-order valence-corrected chi connectivity index (χ2v) is 7.56. The van der Waals surface area contributed by atoms with Crippen LogP contribution in [0, 0.1) is 0 Å². The first-order valence-electron chi connectivity index (χ1n) is 7.87. The SMILES string of the molecule is CCc1nnc(NC(=O)C(C)Sc2nnc(-c3ccc(OC)cc3)o2)s1. The number of hydrogen-bond acceptors (Lipinski definition) is 9. The van der Waals surface area contributed by atoms with Crippen LogP contribution in [0.5, 0.6) is 5.75 Å². The third-order valence-corrected chi connectivity index (χ3v) is 5.31. The van der Waals surface area contributed by atoms with Crippen LogP contribution in [0.25, 0.3) is 11.5 Å². The molecule has 2 aromatic heterocycles. The number of amides is 1. The number of hydrogen-bond donors (Lipinski definition) is 1. The molecule has 1 N–H and O–H groups in total. The molecule has 0 aliphatic carbocycles. The van der Waals surface area contributed by atoms with Crippen LogP contribution in [0.4, 0.5) is 5.13 Å². The fourth-order valence-corrected chi connectivity index (χ4v) is 3.33. The summed E-state index contributed by atoms with van der Waals surface area (Å²) in [4.78, 5) is 12.3. The predicted molar refractivity (Wildman–Crippen MR) is 99.5 cm³/mol. The van der Waals surface area contributed by atoms with Crippen molar-refractivity contribution in [1.29, 1.82) is 0 Å². The van der Waals surface area contributed by atoms with Crippen molar-refractivity contribution in [2.75, 3.05) is 12.4 Å². The van der Waals surface area contributed by atoms with Gasteiger partial charge >= 0.3 is 0 Å². The molecule has 3 aromatic rings. The molecule has 0 saturated carbocycles. The zero-order chi connectivity index (χ0) is 18.5. The van der Waals surface area contributed by atoms with Crippen LogP contribution in [-0.4, -0.2) is 38.7 Å². The summed E-state index contributed by atoms with van der Waals surface area (Å²) in [5.74, 6) is 0.938. The van der Waals surface area contributed by atoms with Crippen molar-refractivity contribution >= 4 is 34.1 Å². The highest BCUT2D eigenvalue weighted by Crippen LogP contribution is 2.28. The summed E-state index contributed by atoms with van der Waals surface area (Å²) in [6.07, 6.45) is 0.786. The molecule has 1 unspecified atom stereocenters. The van der Waals surface area contributed by atoms with Gasteiger partial charge in [0.2, 0.25) is 16.9 Å². The number of aromatic nitrogens is 4. The van der Waals surface area contributed by atoms with Crippen molar-refractivity contribution in [3.05, 3.63) is 29.3 Å². The standard InChI is InChI=1S/C16H17N5O3S2/c1-4-12-18-20-15(26-12)17-13(22)9(2)25-16-21-19-14(24-16)10-5-7-11(23-3)8-6-10/h5-9H,4H2,1-3H3,(H,17,20,22). The number of nitrogens with one attached hydrogen (secondary N) is 1. The molecule has 1 atom stereocenters. The zero-order valence-electron chi connectivity index (χ0n) is 14.4. The van der Waals surface area contributed by atoms with Crippen molar-refractivity contribution in [1.82, 2.24) is 20.4 Å². The Morgan fingerprint density at radius 3 is 2.69 bits per heavy atom. The lowest BCUT2D eigenvalue weighted by Gasteiger charge is -2.06. The van der Waals surface area contributed by atoms with Crippen molar-refractivity contribution in [3.63, 3.8) is 0 Å². The summed E-state index contributed by atoms with van der Waals surface area (Å²) in [6.45, 7) is 3.75. The van der Waals surface area contributed by atoms with Gasteiger partial charge in [-0.15, -0.1) is 20.4 Å². The largest absolute Gasteiger partial charge is 0.497 e.